The Labute approximate surface area is 249 Å². The van der Waals surface area contributed by atoms with E-state index >= 15 is 0 Å². The van der Waals surface area contributed by atoms with Gasteiger partial charge in [0, 0.05) is 39.0 Å². The Balaban J connectivity index is 3.81. The highest BCUT2D eigenvalue weighted by Gasteiger charge is 2.08. The molecule has 0 aromatic heterocycles. The Morgan fingerprint density at radius 3 is 1.12 bits per heavy atom. The third kappa shape index (κ3) is 29.8. The first-order valence-electron chi connectivity index (χ1n) is 17.6. The van der Waals surface area contributed by atoms with E-state index in [1.54, 1.807) is 0 Å². The molecule has 0 bridgehead atoms. The van der Waals surface area contributed by atoms with E-state index in [1.807, 2.05) is 0 Å². The van der Waals surface area contributed by atoms with Gasteiger partial charge in [0.25, 0.3) is 0 Å². The number of amides is 2. The van der Waals surface area contributed by atoms with Crippen LogP contribution in [0, 0.1) is 0 Å². The van der Waals surface area contributed by atoms with E-state index in [2.05, 4.69) is 42.0 Å². The van der Waals surface area contributed by atoms with Gasteiger partial charge in [0.2, 0.25) is 11.8 Å². The van der Waals surface area contributed by atoms with Crippen LogP contribution in [0.2, 0.25) is 0 Å². The number of unbranched alkanes of at least 4 members (excludes halogenated alkanes) is 18. The van der Waals surface area contributed by atoms with Crippen molar-refractivity contribution in [3.8, 4) is 0 Å². The Morgan fingerprint density at radius 1 is 0.425 bits per heavy atom. The minimum absolute atomic E-state index is 0.176. The van der Waals surface area contributed by atoms with Crippen molar-refractivity contribution in [2.24, 2.45) is 0 Å². The van der Waals surface area contributed by atoms with E-state index in [0.29, 0.717) is 25.9 Å². The van der Waals surface area contributed by atoms with Gasteiger partial charge in [-0.3, -0.25) is 9.59 Å². The van der Waals surface area contributed by atoms with E-state index in [4.69, 9.17) is 0 Å². The Bertz CT molecular complexity index is 502. The molecule has 6 nitrogen and oxygen atoms in total. The SMILES string of the molecule is CCCCCCCCCCCC(=O)NCCNC(CCCCC)NCCNC(=O)CCCCCCCCCCC. The van der Waals surface area contributed by atoms with Crippen LogP contribution in [0.25, 0.3) is 0 Å². The minimum Gasteiger partial charge on any atom is -0.355 e. The second-order valence-corrected chi connectivity index (χ2v) is 11.8. The summed E-state index contributed by atoms with van der Waals surface area (Å²) in [5, 5.41) is 13.3. The lowest BCUT2D eigenvalue weighted by Crippen LogP contribution is -2.47. The zero-order valence-electron chi connectivity index (χ0n) is 27.2. The Morgan fingerprint density at radius 2 is 0.750 bits per heavy atom. The lowest BCUT2D eigenvalue weighted by molar-refractivity contribution is -0.122. The topological polar surface area (TPSA) is 82.3 Å². The maximum Gasteiger partial charge on any atom is 0.220 e. The van der Waals surface area contributed by atoms with Gasteiger partial charge in [-0.15, -0.1) is 0 Å². The first-order chi connectivity index (χ1) is 19.6. The molecule has 0 heterocycles. The molecular formula is C34H70N4O2. The van der Waals surface area contributed by atoms with Gasteiger partial charge in [-0.25, -0.2) is 0 Å². The van der Waals surface area contributed by atoms with Crippen molar-refractivity contribution in [3.05, 3.63) is 0 Å². The summed E-state index contributed by atoms with van der Waals surface area (Å²) >= 11 is 0. The molecule has 40 heavy (non-hydrogen) atoms. The summed E-state index contributed by atoms with van der Waals surface area (Å²) in [5.41, 5.74) is 0. The summed E-state index contributed by atoms with van der Waals surface area (Å²) in [5.74, 6) is 0.352. The van der Waals surface area contributed by atoms with Gasteiger partial charge >= 0.3 is 0 Å². The van der Waals surface area contributed by atoms with Crippen LogP contribution in [0.15, 0.2) is 0 Å². The van der Waals surface area contributed by atoms with E-state index in [0.717, 1.165) is 32.4 Å². The number of carbonyl (C=O) groups excluding carboxylic acids is 2. The first kappa shape index (κ1) is 38.9. The number of rotatable bonds is 32. The average molecular weight is 567 g/mol. The molecule has 0 radical (unpaired) electrons. The predicted octanol–water partition coefficient (Wildman–Crippen LogP) is 8.15. The molecule has 6 heteroatoms. The van der Waals surface area contributed by atoms with Gasteiger partial charge in [0.05, 0.1) is 6.17 Å². The van der Waals surface area contributed by atoms with Crippen LogP contribution in [-0.2, 0) is 9.59 Å². The van der Waals surface area contributed by atoms with Crippen LogP contribution in [-0.4, -0.2) is 44.2 Å². The van der Waals surface area contributed by atoms with Gasteiger partial charge in [-0.05, 0) is 19.3 Å². The highest BCUT2D eigenvalue weighted by molar-refractivity contribution is 5.76. The normalized spacial score (nSPS) is 11.3. The smallest absolute Gasteiger partial charge is 0.220 e. The third-order valence-electron chi connectivity index (χ3n) is 7.79. The van der Waals surface area contributed by atoms with Gasteiger partial charge < -0.3 is 21.3 Å². The van der Waals surface area contributed by atoms with E-state index in [-0.39, 0.29) is 18.0 Å². The molecule has 4 N–H and O–H groups in total. The van der Waals surface area contributed by atoms with E-state index in [9.17, 15) is 9.59 Å². The monoisotopic (exact) mass is 567 g/mol. The van der Waals surface area contributed by atoms with Crippen LogP contribution in [0.3, 0.4) is 0 Å². The largest absolute Gasteiger partial charge is 0.355 e. The van der Waals surface area contributed by atoms with Crippen molar-refractivity contribution < 1.29 is 9.59 Å². The molecule has 0 spiro atoms. The molecule has 0 fully saturated rings. The third-order valence-corrected chi connectivity index (χ3v) is 7.79. The van der Waals surface area contributed by atoms with Crippen LogP contribution in [0.4, 0.5) is 0 Å². The summed E-state index contributed by atoms with van der Waals surface area (Å²) in [4.78, 5) is 24.3. The van der Waals surface area contributed by atoms with Crippen molar-refractivity contribution in [2.75, 3.05) is 26.2 Å². The molecule has 0 rings (SSSR count). The van der Waals surface area contributed by atoms with Crippen molar-refractivity contribution in [1.29, 1.82) is 0 Å². The number of carbonyl (C=O) groups is 2. The highest BCUT2D eigenvalue weighted by Crippen LogP contribution is 2.11. The maximum absolute atomic E-state index is 12.2. The van der Waals surface area contributed by atoms with Crippen LogP contribution < -0.4 is 21.3 Å². The van der Waals surface area contributed by atoms with E-state index in [1.165, 1.54) is 122 Å². The molecule has 0 saturated heterocycles. The number of nitrogens with one attached hydrogen (secondary N) is 4. The van der Waals surface area contributed by atoms with Gasteiger partial charge in [0.1, 0.15) is 0 Å². The summed E-state index contributed by atoms with van der Waals surface area (Å²) in [7, 11) is 0. The molecule has 0 aromatic rings. The second kappa shape index (κ2) is 32.4. The zero-order valence-corrected chi connectivity index (χ0v) is 27.2. The molecule has 0 aliphatic rings. The van der Waals surface area contributed by atoms with E-state index < -0.39 is 0 Å². The number of hydrogen-bond acceptors (Lipinski definition) is 4. The maximum atomic E-state index is 12.2. The molecule has 0 aliphatic heterocycles. The molecule has 0 saturated carbocycles. The fraction of sp³-hybridized carbons (Fsp3) is 0.941. The van der Waals surface area contributed by atoms with Gasteiger partial charge in [-0.1, -0.05) is 143 Å². The Kier molecular flexibility index (Phi) is 31.5. The fourth-order valence-corrected chi connectivity index (χ4v) is 5.14. The molecule has 2 amide bonds. The summed E-state index contributed by atoms with van der Waals surface area (Å²) in [6.07, 6.45) is 29.1. The second-order valence-electron chi connectivity index (χ2n) is 11.8. The molecule has 0 atom stereocenters. The quantitative estimate of drug-likeness (QED) is 0.0489. The molecular weight excluding hydrogens is 496 g/mol. The molecule has 0 aromatic carbocycles. The lowest BCUT2D eigenvalue weighted by atomic mass is 10.1. The average Bonchev–Trinajstić information content (AvgIpc) is 2.95. The highest BCUT2D eigenvalue weighted by atomic mass is 16.2. The minimum atomic E-state index is 0.176. The standard InChI is InChI=1S/C34H70N4O2/c1-4-7-10-12-14-16-18-20-23-26-33(39)37-30-28-35-32(25-22-9-6-3)36-29-31-38-34(40)27-24-21-19-17-15-13-11-8-5-2/h32,35-36H,4-31H2,1-3H3,(H,37,39)(H,38,40). The van der Waals surface area contributed by atoms with Crippen molar-refractivity contribution in [1.82, 2.24) is 21.3 Å². The zero-order chi connectivity index (χ0) is 29.4. The van der Waals surface area contributed by atoms with Crippen LogP contribution in [0.1, 0.15) is 175 Å². The fourth-order valence-electron chi connectivity index (χ4n) is 5.14. The molecule has 0 unspecified atom stereocenters. The van der Waals surface area contributed by atoms with Crippen LogP contribution >= 0.6 is 0 Å². The summed E-state index contributed by atoms with van der Waals surface area (Å²) < 4.78 is 0. The first-order valence-corrected chi connectivity index (χ1v) is 17.6. The summed E-state index contributed by atoms with van der Waals surface area (Å²) in [6.45, 7) is 9.59. The van der Waals surface area contributed by atoms with Crippen molar-refractivity contribution >= 4 is 11.8 Å². The van der Waals surface area contributed by atoms with Crippen molar-refractivity contribution in [3.63, 3.8) is 0 Å². The summed E-state index contributed by atoms with van der Waals surface area (Å²) in [6, 6.07) is 0. The predicted molar refractivity (Wildman–Crippen MR) is 174 cm³/mol. The molecule has 0 aliphatic carbocycles. The number of hydrogen-bond donors (Lipinski definition) is 4. The van der Waals surface area contributed by atoms with Crippen molar-refractivity contribution in [2.45, 2.75) is 181 Å². The van der Waals surface area contributed by atoms with Gasteiger partial charge in [0.15, 0.2) is 0 Å². The van der Waals surface area contributed by atoms with Gasteiger partial charge in [-0.2, -0.15) is 0 Å². The molecule has 238 valence electrons. The Hall–Kier alpha value is -1.14. The van der Waals surface area contributed by atoms with Crippen LogP contribution in [0.5, 0.6) is 0 Å². The lowest BCUT2D eigenvalue weighted by Gasteiger charge is -2.21.